The van der Waals surface area contributed by atoms with Gasteiger partial charge in [0.05, 0.1) is 4.47 Å². The molecule has 1 aromatic heterocycles. The van der Waals surface area contributed by atoms with Crippen molar-refractivity contribution in [2.75, 3.05) is 5.32 Å². The molecule has 2 bridgehead atoms. The summed E-state index contributed by atoms with van der Waals surface area (Å²) >= 11 is 3.62. The van der Waals surface area contributed by atoms with Gasteiger partial charge in [-0.3, -0.25) is 0 Å². The Morgan fingerprint density at radius 3 is 2.94 bits per heavy atom. The molecule has 3 unspecified atom stereocenters. The van der Waals surface area contributed by atoms with Gasteiger partial charge in [0.15, 0.2) is 0 Å². The van der Waals surface area contributed by atoms with Crippen LogP contribution in [-0.2, 0) is 0 Å². The van der Waals surface area contributed by atoms with Gasteiger partial charge in [0.2, 0.25) is 0 Å². The third kappa shape index (κ3) is 1.75. The Balaban J connectivity index is 1.77. The van der Waals surface area contributed by atoms with Gasteiger partial charge in [0.1, 0.15) is 5.82 Å². The van der Waals surface area contributed by atoms with Gasteiger partial charge in [0.25, 0.3) is 0 Å². The number of aromatic nitrogens is 1. The Morgan fingerprint density at radius 2 is 2.25 bits per heavy atom. The largest absolute Gasteiger partial charge is 0.366 e. The standard InChI is InChI=1S/C13H17BrN2/c1-8-4-5-15-13(12(8)14)16-11-7-9-2-3-10(11)6-9/h4-5,9-11H,2-3,6-7H2,1H3,(H,15,16). The summed E-state index contributed by atoms with van der Waals surface area (Å²) in [6, 6.07) is 2.69. The van der Waals surface area contributed by atoms with Crippen LogP contribution < -0.4 is 5.32 Å². The summed E-state index contributed by atoms with van der Waals surface area (Å²) in [6.07, 6.45) is 7.51. The van der Waals surface area contributed by atoms with Gasteiger partial charge >= 0.3 is 0 Å². The highest BCUT2D eigenvalue weighted by Crippen LogP contribution is 2.45. The third-order valence-corrected chi connectivity index (χ3v) is 5.14. The van der Waals surface area contributed by atoms with Gasteiger partial charge in [-0.2, -0.15) is 0 Å². The molecule has 2 saturated carbocycles. The first-order valence-corrected chi connectivity index (χ1v) is 6.91. The molecule has 0 aliphatic heterocycles. The first-order valence-electron chi connectivity index (χ1n) is 6.11. The summed E-state index contributed by atoms with van der Waals surface area (Å²) in [7, 11) is 0. The van der Waals surface area contributed by atoms with E-state index in [1.165, 1.54) is 31.2 Å². The molecule has 86 valence electrons. The highest BCUT2D eigenvalue weighted by Gasteiger charge is 2.39. The smallest absolute Gasteiger partial charge is 0.140 e. The van der Waals surface area contributed by atoms with E-state index in [9.17, 15) is 0 Å². The van der Waals surface area contributed by atoms with Crippen LogP contribution in [0.4, 0.5) is 5.82 Å². The van der Waals surface area contributed by atoms with Crippen LogP contribution in [0.3, 0.4) is 0 Å². The summed E-state index contributed by atoms with van der Waals surface area (Å²) in [5.41, 5.74) is 1.25. The number of halogens is 1. The van der Waals surface area contributed by atoms with E-state index in [-0.39, 0.29) is 0 Å². The fourth-order valence-electron chi connectivity index (χ4n) is 3.24. The van der Waals surface area contributed by atoms with Gasteiger partial charge < -0.3 is 5.32 Å². The van der Waals surface area contributed by atoms with E-state index in [2.05, 4.69) is 33.2 Å². The Morgan fingerprint density at radius 1 is 1.38 bits per heavy atom. The molecule has 2 aliphatic rings. The molecule has 0 aromatic carbocycles. The Labute approximate surface area is 105 Å². The average molecular weight is 281 g/mol. The van der Waals surface area contributed by atoms with E-state index in [1.807, 2.05) is 12.3 Å². The molecule has 2 fully saturated rings. The highest BCUT2D eigenvalue weighted by molar-refractivity contribution is 9.10. The SMILES string of the molecule is Cc1ccnc(NC2CC3CCC2C3)c1Br. The number of pyridine rings is 1. The fourth-order valence-corrected chi connectivity index (χ4v) is 3.59. The lowest BCUT2D eigenvalue weighted by Crippen LogP contribution is -2.26. The third-order valence-electron chi connectivity index (χ3n) is 4.14. The maximum absolute atomic E-state index is 4.43. The molecule has 2 aliphatic carbocycles. The lowest BCUT2D eigenvalue weighted by molar-refractivity contribution is 0.439. The molecule has 0 radical (unpaired) electrons. The predicted molar refractivity (Wildman–Crippen MR) is 69.5 cm³/mol. The minimum atomic E-state index is 0.657. The number of fused-ring (bicyclic) bond motifs is 2. The molecule has 0 spiro atoms. The first kappa shape index (κ1) is 10.6. The number of nitrogens with one attached hydrogen (secondary N) is 1. The van der Waals surface area contributed by atoms with E-state index in [4.69, 9.17) is 0 Å². The van der Waals surface area contributed by atoms with Crippen molar-refractivity contribution in [2.24, 2.45) is 11.8 Å². The molecular formula is C13H17BrN2. The summed E-state index contributed by atoms with van der Waals surface area (Å²) < 4.78 is 1.12. The molecular weight excluding hydrogens is 264 g/mol. The second kappa shape index (κ2) is 4.02. The molecule has 1 aromatic rings. The normalized spacial score (nSPS) is 32.0. The summed E-state index contributed by atoms with van der Waals surface area (Å²) in [6.45, 7) is 2.11. The molecule has 3 atom stereocenters. The van der Waals surface area contributed by atoms with Gasteiger partial charge in [-0.05, 0) is 65.6 Å². The Bertz CT molecular complexity index is 405. The van der Waals surface area contributed by atoms with Crippen molar-refractivity contribution in [3.05, 3.63) is 22.3 Å². The maximum atomic E-state index is 4.43. The highest BCUT2D eigenvalue weighted by atomic mass is 79.9. The number of hydrogen-bond acceptors (Lipinski definition) is 2. The number of aryl methyl sites for hydroxylation is 1. The van der Waals surface area contributed by atoms with Crippen molar-refractivity contribution in [2.45, 2.75) is 38.6 Å². The molecule has 3 rings (SSSR count). The Kier molecular flexibility index (Phi) is 2.66. The van der Waals surface area contributed by atoms with Crippen LogP contribution in [0.2, 0.25) is 0 Å². The second-order valence-electron chi connectivity index (χ2n) is 5.22. The van der Waals surface area contributed by atoms with Crippen LogP contribution in [0, 0.1) is 18.8 Å². The van der Waals surface area contributed by atoms with E-state index in [0.29, 0.717) is 6.04 Å². The van der Waals surface area contributed by atoms with Gasteiger partial charge in [0, 0.05) is 12.2 Å². The molecule has 3 heteroatoms. The van der Waals surface area contributed by atoms with Crippen LogP contribution in [-0.4, -0.2) is 11.0 Å². The van der Waals surface area contributed by atoms with Crippen LogP contribution in [0.1, 0.15) is 31.2 Å². The molecule has 1 heterocycles. The molecule has 0 saturated heterocycles. The summed E-state index contributed by atoms with van der Waals surface area (Å²) in [4.78, 5) is 4.43. The van der Waals surface area contributed by atoms with Crippen LogP contribution in [0.25, 0.3) is 0 Å². The van der Waals surface area contributed by atoms with E-state index in [0.717, 1.165) is 22.1 Å². The Hall–Kier alpha value is -0.570. The van der Waals surface area contributed by atoms with E-state index in [1.54, 1.807) is 0 Å². The maximum Gasteiger partial charge on any atom is 0.140 e. The zero-order chi connectivity index (χ0) is 11.1. The van der Waals surface area contributed by atoms with Gasteiger partial charge in [-0.15, -0.1) is 0 Å². The van der Waals surface area contributed by atoms with E-state index >= 15 is 0 Å². The quantitative estimate of drug-likeness (QED) is 0.893. The van der Waals surface area contributed by atoms with Crippen molar-refractivity contribution < 1.29 is 0 Å². The summed E-state index contributed by atoms with van der Waals surface area (Å²) in [5.74, 6) is 2.89. The number of rotatable bonds is 2. The predicted octanol–water partition coefficient (Wildman–Crippen LogP) is 3.75. The molecule has 1 N–H and O–H groups in total. The fraction of sp³-hybridized carbons (Fsp3) is 0.615. The first-order chi connectivity index (χ1) is 7.74. The molecule has 2 nitrogen and oxygen atoms in total. The van der Waals surface area contributed by atoms with Crippen molar-refractivity contribution in [3.63, 3.8) is 0 Å². The minimum absolute atomic E-state index is 0.657. The average Bonchev–Trinajstić information content (AvgIpc) is 2.86. The van der Waals surface area contributed by atoms with Crippen molar-refractivity contribution >= 4 is 21.7 Å². The van der Waals surface area contributed by atoms with Crippen LogP contribution in [0.15, 0.2) is 16.7 Å². The second-order valence-corrected chi connectivity index (χ2v) is 6.01. The van der Waals surface area contributed by atoms with Gasteiger partial charge in [-0.1, -0.05) is 6.42 Å². The van der Waals surface area contributed by atoms with Crippen LogP contribution >= 0.6 is 15.9 Å². The zero-order valence-electron chi connectivity index (χ0n) is 9.54. The molecule has 0 amide bonds. The van der Waals surface area contributed by atoms with Crippen molar-refractivity contribution in [1.29, 1.82) is 0 Å². The zero-order valence-corrected chi connectivity index (χ0v) is 11.1. The molecule has 16 heavy (non-hydrogen) atoms. The van der Waals surface area contributed by atoms with E-state index < -0.39 is 0 Å². The van der Waals surface area contributed by atoms with Crippen LogP contribution in [0.5, 0.6) is 0 Å². The number of anilines is 1. The minimum Gasteiger partial charge on any atom is -0.366 e. The lowest BCUT2D eigenvalue weighted by atomic mass is 9.95. The number of hydrogen-bond donors (Lipinski definition) is 1. The number of nitrogens with zero attached hydrogens (tertiary/aromatic N) is 1. The van der Waals surface area contributed by atoms with Gasteiger partial charge in [-0.25, -0.2) is 4.98 Å². The van der Waals surface area contributed by atoms with Crippen molar-refractivity contribution in [3.8, 4) is 0 Å². The lowest BCUT2D eigenvalue weighted by Gasteiger charge is -2.24. The topological polar surface area (TPSA) is 24.9 Å². The monoisotopic (exact) mass is 280 g/mol. The summed E-state index contributed by atoms with van der Waals surface area (Å²) in [5, 5.41) is 3.62. The van der Waals surface area contributed by atoms with Crippen molar-refractivity contribution in [1.82, 2.24) is 4.98 Å².